The van der Waals surface area contributed by atoms with Crippen LogP contribution in [0.2, 0.25) is 0 Å². The van der Waals surface area contributed by atoms with E-state index in [-0.39, 0.29) is 6.42 Å². The third-order valence-electron chi connectivity index (χ3n) is 2.87. The summed E-state index contributed by atoms with van der Waals surface area (Å²) in [5, 5.41) is 0. The van der Waals surface area contributed by atoms with Crippen molar-refractivity contribution < 1.29 is 17.9 Å². The fourth-order valence-electron chi connectivity index (χ4n) is 1.74. The van der Waals surface area contributed by atoms with E-state index in [2.05, 4.69) is 0 Å². The molecule has 0 heterocycles. The molecular weight excluding hydrogens is 243 g/mol. The van der Waals surface area contributed by atoms with Gasteiger partial charge in [0.2, 0.25) is 0 Å². The summed E-state index contributed by atoms with van der Waals surface area (Å²) in [6.07, 6.45) is -3.79. The zero-order valence-electron chi connectivity index (χ0n) is 10.5. The standard InChI is InChI=1S/C13H18F3NO/c1-9(13(14,15)16)7-11(17)8-10-3-5-12(18-2)6-4-10/h3-6,9,11H,7-8,17H2,1-2H3/t9-,11?/m0/s1. The van der Waals surface area contributed by atoms with Gasteiger partial charge in [-0.15, -0.1) is 0 Å². The van der Waals surface area contributed by atoms with E-state index >= 15 is 0 Å². The van der Waals surface area contributed by atoms with Crippen molar-refractivity contribution in [3.8, 4) is 5.75 Å². The fourth-order valence-corrected chi connectivity index (χ4v) is 1.74. The second-order valence-corrected chi connectivity index (χ2v) is 4.49. The highest BCUT2D eigenvalue weighted by Crippen LogP contribution is 2.29. The van der Waals surface area contributed by atoms with Crippen LogP contribution in [0.15, 0.2) is 24.3 Å². The normalized spacial score (nSPS) is 15.2. The lowest BCUT2D eigenvalue weighted by Gasteiger charge is -2.19. The smallest absolute Gasteiger partial charge is 0.391 e. The van der Waals surface area contributed by atoms with Crippen molar-refractivity contribution in [2.24, 2.45) is 11.7 Å². The van der Waals surface area contributed by atoms with Gasteiger partial charge in [0.05, 0.1) is 13.0 Å². The molecule has 0 amide bonds. The molecule has 0 aliphatic rings. The van der Waals surface area contributed by atoms with Crippen LogP contribution in [-0.2, 0) is 6.42 Å². The lowest BCUT2D eigenvalue weighted by molar-refractivity contribution is -0.172. The van der Waals surface area contributed by atoms with Crippen molar-refractivity contribution in [1.82, 2.24) is 0 Å². The molecule has 0 spiro atoms. The summed E-state index contributed by atoms with van der Waals surface area (Å²) in [5.41, 5.74) is 6.66. The van der Waals surface area contributed by atoms with Crippen molar-refractivity contribution >= 4 is 0 Å². The van der Waals surface area contributed by atoms with Gasteiger partial charge >= 0.3 is 6.18 Å². The Labute approximate surface area is 105 Å². The van der Waals surface area contributed by atoms with Crippen LogP contribution in [0.3, 0.4) is 0 Å². The van der Waals surface area contributed by atoms with Crippen LogP contribution in [0.4, 0.5) is 13.2 Å². The number of methoxy groups -OCH3 is 1. The Morgan fingerprint density at radius 1 is 1.22 bits per heavy atom. The highest BCUT2D eigenvalue weighted by molar-refractivity contribution is 5.27. The minimum Gasteiger partial charge on any atom is -0.497 e. The third-order valence-corrected chi connectivity index (χ3v) is 2.87. The lowest BCUT2D eigenvalue weighted by atomic mass is 9.96. The van der Waals surface area contributed by atoms with Gasteiger partial charge in [0.1, 0.15) is 5.75 Å². The van der Waals surface area contributed by atoms with E-state index in [4.69, 9.17) is 10.5 Å². The van der Waals surface area contributed by atoms with Crippen LogP contribution in [0, 0.1) is 5.92 Å². The molecule has 1 aromatic rings. The van der Waals surface area contributed by atoms with Crippen LogP contribution in [0.1, 0.15) is 18.9 Å². The molecule has 0 fully saturated rings. The SMILES string of the molecule is COc1ccc(CC(N)C[C@H](C)C(F)(F)F)cc1. The van der Waals surface area contributed by atoms with E-state index in [1.807, 2.05) is 12.1 Å². The Bertz CT molecular complexity index is 361. The van der Waals surface area contributed by atoms with Gasteiger partial charge in [0.25, 0.3) is 0 Å². The first kappa shape index (κ1) is 14.8. The largest absolute Gasteiger partial charge is 0.497 e. The maximum atomic E-state index is 12.4. The monoisotopic (exact) mass is 261 g/mol. The van der Waals surface area contributed by atoms with Crippen LogP contribution >= 0.6 is 0 Å². The number of ether oxygens (including phenoxy) is 1. The number of rotatable bonds is 5. The highest BCUT2D eigenvalue weighted by atomic mass is 19.4. The number of alkyl halides is 3. The molecule has 0 aliphatic heterocycles. The molecule has 0 saturated heterocycles. The predicted molar refractivity (Wildman–Crippen MR) is 64.5 cm³/mol. The minimum atomic E-state index is -4.17. The molecular formula is C13H18F3NO. The van der Waals surface area contributed by atoms with E-state index in [1.165, 1.54) is 0 Å². The molecule has 2 N–H and O–H groups in total. The Balaban J connectivity index is 2.51. The molecule has 18 heavy (non-hydrogen) atoms. The molecule has 0 aliphatic carbocycles. The van der Waals surface area contributed by atoms with Gasteiger partial charge in [0, 0.05) is 6.04 Å². The second-order valence-electron chi connectivity index (χ2n) is 4.49. The van der Waals surface area contributed by atoms with Crippen molar-refractivity contribution in [2.45, 2.75) is 32.0 Å². The Morgan fingerprint density at radius 2 is 1.78 bits per heavy atom. The average Bonchev–Trinajstić information content (AvgIpc) is 2.28. The van der Waals surface area contributed by atoms with Gasteiger partial charge in [-0.25, -0.2) is 0 Å². The first-order chi connectivity index (χ1) is 8.32. The molecule has 2 nitrogen and oxygen atoms in total. The van der Waals surface area contributed by atoms with Gasteiger partial charge in [-0.2, -0.15) is 13.2 Å². The van der Waals surface area contributed by atoms with Gasteiger partial charge in [-0.1, -0.05) is 19.1 Å². The number of hydrogen-bond acceptors (Lipinski definition) is 2. The minimum absolute atomic E-state index is 0.0600. The van der Waals surface area contributed by atoms with Crippen molar-refractivity contribution in [3.05, 3.63) is 29.8 Å². The van der Waals surface area contributed by atoms with E-state index in [0.717, 1.165) is 18.2 Å². The van der Waals surface area contributed by atoms with E-state index in [1.54, 1.807) is 19.2 Å². The molecule has 5 heteroatoms. The summed E-state index contributed by atoms with van der Waals surface area (Å²) < 4.78 is 42.1. The maximum absolute atomic E-state index is 12.4. The summed E-state index contributed by atoms with van der Waals surface area (Å²) in [6.45, 7) is 1.16. The fraction of sp³-hybridized carbons (Fsp3) is 0.538. The Morgan fingerprint density at radius 3 is 2.22 bits per heavy atom. The van der Waals surface area contributed by atoms with Crippen LogP contribution < -0.4 is 10.5 Å². The zero-order chi connectivity index (χ0) is 13.8. The summed E-state index contributed by atoms with van der Waals surface area (Å²) in [5.74, 6) is -0.651. The first-order valence-corrected chi connectivity index (χ1v) is 5.78. The summed E-state index contributed by atoms with van der Waals surface area (Å²) >= 11 is 0. The molecule has 0 aromatic heterocycles. The van der Waals surface area contributed by atoms with Gasteiger partial charge in [0.15, 0.2) is 0 Å². The van der Waals surface area contributed by atoms with Crippen molar-refractivity contribution in [3.63, 3.8) is 0 Å². The van der Waals surface area contributed by atoms with E-state index in [0.29, 0.717) is 6.42 Å². The topological polar surface area (TPSA) is 35.2 Å². The van der Waals surface area contributed by atoms with E-state index in [9.17, 15) is 13.2 Å². The second kappa shape index (κ2) is 6.09. The lowest BCUT2D eigenvalue weighted by Crippen LogP contribution is -2.31. The molecule has 0 radical (unpaired) electrons. The highest BCUT2D eigenvalue weighted by Gasteiger charge is 2.36. The Hall–Kier alpha value is -1.23. The molecule has 102 valence electrons. The third kappa shape index (κ3) is 4.56. The molecule has 1 unspecified atom stereocenters. The maximum Gasteiger partial charge on any atom is 0.391 e. The van der Waals surface area contributed by atoms with Crippen LogP contribution in [0.25, 0.3) is 0 Å². The first-order valence-electron chi connectivity index (χ1n) is 5.78. The summed E-state index contributed by atoms with van der Waals surface area (Å²) in [7, 11) is 1.56. The van der Waals surface area contributed by atoms with E-state index < -0.39 is 18.1 Å². The zero-order valence-corrected chi connectivity index (χ0v) is 10.5. The van der Waals surface area contributed by atoms with Crippen molar-refractivity contribution in [1.29, 1.82) is 0 Å². The number of nitrogens with two attached hydrogens (primary N) is 1. The molecule has 0 saturated carbocycles. The Kier molecular flexibility index (Phi) is 5.02. The summed E-state index contributed by atoms with van der Waals surface area (Å²) in [6, 6.07) is 6.69. The number of benzene rings is 1. The van der Waals surface area contributed by atoms with Gasteiger partial charge in [-0.05, 0) is 30.5 Å². The molecule has 1 rings (SSSR count). The number of halogens is 3. The number of hydrogen-bond donors (Lipinski definition) is 1. The molecule has 0 bridgehead atoms. The summed E-state index contributed by atoms with van der Waals surface area (Å²) in [4.78, 5) is 0. The average molecular weight is 261 g/mol. The van der Waals surface area contributed by atoms with Gasteiger partial charge < -0.3 is 10.5 Å². The van der Waals surface area contributed by atoms with Crippen LogP contribution in [0.5, 0.6) is 5.75 Å². The van der Waals surface area contributed by atoms with Gasteiger partial charge in [-0.3, -0.25) is 0 Å². The molecule has 1 aromatic carbocycles. The quantitative estimate of drug-likeness (QED) is 0.883. The molecule has 2 atom stereocenters. The predicted octanol–water partition coefficient (Wildman–Crippen LogP) is 3.15. The van der Waals surface area contributed by atoms with Crippen LogP contribution in [-0.4, -0.2) is 19.3 Å². The van der Waals surface area contributed by atoms with Crippen molar-refractivity contribution in [2.75, 3.05) is 7.11 Å².